The Labute approximate surface area is 155 Å². The van der Waals surface area contributed by atoms with E-state index in [-0.39, 0.29) is 17.1 Å². The van der Waals surface area contributed by atoms with E-state index in [4.69, 9.17) is 0 Å². The van der Waals surface area contributed by atoms with E-state index in [1.54, 1.807) is 34.9 Å². The molecular formula is C22H16N2O3. The van der Waals surface area contributed by atoms with Gasteiger partial charge in [0.1, 0.15) is 5.82 Å². The highest BCUT2D eigenvalue weighted by atomic mass is 16.3. The Bertz CT molecular complexity index is 1210. The number of aromatic hydroxyl groups is 2. The van der Waals surface area contributed by atoms with Crippen molar-refractivity contribution >= 4 is 23.1 Å². The summed E-state index contributed by atoms with van der Waals surface area (Å²) in [6, 6.07) is 21.0. The third-order valence-corrected chi connectivity index (χ3v) is 4.24. The van der Waals surface area contributed by atoms with Gasteiger partial charge in [-0.25, -0.2) is 4.98 Å². The van der Waals surface area contributed by atoms with E-state index in [2.05, 4.69) is 4.98 Å². The van der Waals surface area contributed by atoms with Crippen LogP contribution in [0.25, 0.3) is 28.7 Å². The van der Waals surface area contributed by atoms with Crippen LogP contribution in [0.2, 0.25) is 0 Å². The summed E-state index contributed by atoms with van der Waals surface area (Å²) < 4.78 is 1.55. The van der Waals surface area contributed by atoms with Crippen LogP contribution in [0, 0.1) is 0 Å². The average Bonchev–Trinajstić information content (AvgIpc) is 2.70. The zero-order valence-electron chi connectivity index (χ0n) is 14.3. The summed E-state index contributed by atoms with van der Waals surface area (Å²) in [5, 5.41) is 19.6. The highest BCUT2D eigenvalue weighted by Gasteiger charge is 2.10. The van der Waals surface area contributed by atoms with Gasteiger partial charge in [0.05, 0.1) is 16.6 Å². The second-order valence-corrected chi connectivity index (χ2v) is 6.04. The summed E-state index contributed by atoms with van der Waals surface area (Å²) in [7, 11) is 0. The highest BCUT2D eigenvalue weighted by Crippen LogP contribution is 2.25. The van der Waals surface area contributed by atoms with Gasteiger partial charge in [-0.2, -0.15) is 0 Å². The minimum Gasteiger partial charge on any atom is -0.504 e. The number of hydrogen-bond donors (Lipinski definition) is 2. The van der Waals surface area contributed by atoms with Gasteiger partial charge in [0.2, 0.25) is 0 Å². The first kappa shape index (κ1) is 16.6. The first-order valence-electron chi connectivity index (χ1n) is 8.41. The monoisotopic (exact) mass is 356 g/mol. The second kappa shape index (κ2) is 6.80. The predicted octanol–water partition coefficient (Wildman–Crippen LogP) is 3.97. The zero-order valence-corrected chi connectivity index (χ0v) is 14.3. The molecule has 0 unspecified atom stereocenters. The van der Waals surface area contributed by atoms with Crippen LogP contribution in [-0.4, -0.2) is 19.8 Å². The van der Waals surface area contributed by atoms with Gasteiger partial charge in [0.25, 0.3) is 5.56 Å². The van der Waals surface area contributed by atoms with Gasteiger partial charge in [-0.1, -0.05) is 42.5 Å². The molecular weight excluding hydrogens is 340 g/mol. The lowest BCUT2D eigenvalue weighted by Gasteiger charge is -2.11. The van der Waals surface area contributed by atoms with E-state index in [9.17, 15) is 15.0 Å². The highest BCUT2D eigenvalue weighted by molar-refractivity contribution is 5.80. The Morgan fingerprint density at radius 3 is 2.33 bits per heavy atom. The summed E-state index contributed by atoms with van der Waals surface area (Å²) in [6.45, 7) is 0. The molecule has 0 saturated heterocycles. The minimum absolute atomic E-state index is 0.153. The second-order valence-electron chi connectivity index (χ2n) is 6.04. The Morgan fingerprint density at radius 2 is 1.56 bits per heavy atom. The Balaban J connectivity index is 1.92. The molecule has 0 saturated carbocycles. The standard InChI is InChI=1S/C22H16N2O3/c25-19-12-10-15(14-20(19)26)11-13-21-23-18-9-5-4-8-17(18)22(27)24(21)16-6-2-1-3-7-16/h1-14,25-26H/b13-11+. The van der Waals surface area contributed by atoms with Gasteiger partial charge >= 0.3 is 0 Å². The maximum atomic E-state index is 13.1. The van der Waals surface area contributed by atoms with Crippen molar-refractivity contribution in [3.05, 3.63) is 94.5 Å². The van der Waals surface area contributed by atoms with E-state index < -0.39 is 0 Å². The Morgan fingerprint density at radius 1 is 0.815 bits per heavy atom. The van der Waals surface area contributed by atoms with E-state index >= 15 is 0 Å². The van der Waals surface area contributed by atoms with Gasteiger partial charge in [0.15, 0.2) is 11.5 Å². The molecule has 0 aliphatic heterocycles. The number of para-hydroxylation sites is 2. The van der Waals surface area contributed by atoms with Crippen molar-refractivity contribution < 1.29 is 10.2 Å². The maximum absolute atomic E-state index is 13.1. The summed E-state index contributed by atoms with van der Waals surface area (Å²) in [4.78, 5) is 17.7. The van der Waals surface area contributed by atoms with Crippen LogP contribution in [-0.2, 0) is 0 Å². The largest absolute Gasteiger partial charge is 0.504 e. The van der Waals surface area contributed by atoms with Crippen molar-refractivity contribution in [3.63, 3.8) is 0 Å². The van der Waals surface area contributed by atoms with Crippen LogP contribution in [0.15, 0.2) is 77.6 Å². The smallest absolute Gasteiger partial charge is 0.266 e. The normalized spacial score (nSPS) is 11.3. The molecule has 0 amide bonds. The van der Waals surface area contributed by atoms with E-state index in [0.29, 0.717) is 28.0 Å². The Kier molecular flexibility index (Phi) is 4.18. The molecule has 0 aliphatic carbocycles. The van der Waals surface area contributed by atoms with Crippen LogP contribution >= 0.6 is 0 Å². The minimum atomic E-state index is -0.205. The van der Waals surface area contributed by atoms with Crippen molar-refractivity contribution in [1.29, 1.82) is 0 Å². The molecule has 5 nitrogen and oxygen atoms in total. The number of hydrogen-bond acceptors (Lipinski definition) is 4. The fraction of sp³-hybridized carbons (Fsp3) is 0. The molecule has 0 radical (unpaired) electrons. The molecule has 1 heterocycles. The number of benzene rings is 3. The van der Waals surface area contributed by atoms with Crippen LogP contribution < -0.4 is 5.56 Å². The van der Waals surface area contributed by atoms with Crippen LogP contribution in [0.3, 0.4) is 0 Å². The number of phenols is 2. The molecule has 0 atom stereocenters. The van der Waals surface area contributed by atoms with Crippen LogP contribution in [0.1, 0.15) is 11.4 Å². The molecule has 5 heteroatoms. The molecule has 1 aromatic heterocycles. The average molecular weight is 356 g/mol. The lowest BCUT2D eigenvalue weighted by atomic mass is 10.1. The maximum Gasteiger partial charge on any atom is 0.266 e. The molecule has 0 fully saturated rings. The third kappa shape index (κ3) is 3.18. The summed E-state index contributed by atoms with van der Waals surface area (Å²) in [5.41, 5.74) is 1.85. The zero-order chi connectivity index (χ0) is 18.8. The molecule has 4 aromatic rings. The predicted molar refractivity (Wildman–Crippen MR) is 106 cm³/mol. The molecule has 0 aliphatic rings. The van der Waals surface area contributed by atoms with Crippen molar-refractivity contribution in [2.45, 2.75) is 0 Å². The first-order chi connectivity index (χ1) is 13.1. The van der Waals surface area contributed by atoms with Crippen molar-refractivity contribution in [2.24, 2.45) is 0 Å². The molecule has 132 valence electrons. The first-order valence-corrected chi connectivity index (χ1v) is 8.41. The van der Waals surface area contributed by atoms with Gasteiger partial charge in [-0.05, 0) is 48.0 Å². The van der Waals surface area contributed by atoms with Crippen LogP contribution in [0.5, 0.6) is 11.5 Å². The molecule has 3 aromatic carbocycles. The Hall–Kier alpha value is -3.86. The number of rotatable bonds is 3. The third-order valence-electron chi connectivity index (χ3n) is 4.24. The molecule has 4 rings (SSSR count). The molecule has 27 heavy (non-hydrogen) atoms. The molecule has 0 bridgehead atoms. The number of nitrogens with zero attached hydrogens (tertiary/aromatic N) is 2. The summed E-state index contributed by atoms with van der Waals surface area (Å²) in [5.74, 6) is 0.0821. The van der Waals surface area contributed by atoms with Gasteiger partial charge in [0, 0.05) is 0 Å². The lowest BCUT2D eigenvalue weighted by molar-refractivity contribution is 0.403. The van der Waals surface area contributed by atoms with E-state index in [1.807, 2.05) is 42.5 Å². The van der Waals surface area contributed by atoms with Crippen LogP contribution in [0.4, 0.5) is 0 Å². The topological polar surface area (TPSA) is 75.3 Å². The lowest BCUT2D eigenvalue weighted by Crippen LogP contribution is -2.22. The number of fused-ring (bicyclic) bond motifs is 1. The quantitative estimate of drug-likeness (QED) is 0.545. The molecule has 2 N–H and O–H groups in total. The van der Waals surface area contributed by atoms with Gasteiger partial charge in [-0.15, -0.1) is 0 Å². The SMILES string of the molecule is O=c1c2ccccc2nc(/C=C/c2ccc(O)c(O)c2)n1-c1ccccc1. The molecule has 0 spiro atoms. The van der Waals surface area contributed by atoms with Crippen molar-refractivity contribution in [2.75, 3.05) is 0 Å². The van der Waals surface area contributed by atoms with E-state index in [1.165, 1.54) is 12.1 Å². The fourth-order valence-electron chi connectivity index (χ4n) is 2.90. The van der Waals surface area contributed by atoms with Crippen molar-refractivity contribution in [3.8, 4) is 17.2 Å². The van der Waals surface area contributed by atoms with Crippen molar-refractivity contribution in [1.82, 2.24) is 9.55 Å². The van der Waals surface area contributed by atoms with Gasteiger partial charge in [-0.3, -0.25) is 9.36 Å². The van der Waals surface area contributed by atoms with Gasteiger partial charge < -0.3 is 10.2 Å². The summed E-state index contributed by atoms with van der Waals surface area (Å²) in [6.07, 6.45) is 3.45. The fourth-order valence-corrected chi connectivity index (χ4v) is 2.90. The van der Waals surface area contributed by atoms with E-state index in [0.717, 1.165) is 0 Å². The number of aromatic nitrogens is 2. The number of phenolic OH excluding ortho intramolecular Hbond substituents is 2. The summed E-state index contributed by atoms with van der Waals surface area (Å²) >= 11 is 0.